The largest absolute Gasteiger partial charge is 0.486 e. The average Bonchev–Trinajstić information content (AvgIpc) is 3.01. The van der Waals surface area contributed by atoms with Crippen LogP contribution in [0.4, 0.5) is 34.0 Å². The number of aliphatic carboxylic acids is 1. The van der Waals surface area contributed by atoms with E-state index in [0.29, 0.717) is 18.5 Å². The molecule has 1 aromatic heterocycles. The van der Waals surface area contributed by atoms with Gasteiger partial charge < -0.3 is 19.5 Å². The molecule has 0 spiro atoms. The number of amides is 1. The quantitative estimate of drug-likeness (QED) is 0.175. The Balaban J connectivity index is 1.81. The predicted octanol–water partition coefficient (Wildman–Crippen LogP) is 7.19. The van der Waals surface area contributed by atoms with Crippen molar-refractivity contribution >= 4 is 23.7 Å². The molecule has 1 aliphatic rings. The number of carboxylic acids is 1. The van der Waals surface area contributed by atoms with Gasteiger partial charge in [-0.2, -0.15) is 13.2 Å². The van der Waals surface area contributed by atoms with Crippen LogP contribution in [0.15, 0.2) is 60.9 Å². The number of anilines is 2. The average molecular weight is 631 g/mol. The second kappa shape index (κ2) is 14.4. The molecule has 0 radical (unpaired) electrons. The molecule has 45 heavy (non-hydrogen) atoms. The first kappa shape index (κ1) is 33.2. The molecule has 3 aromatic rings. The van der Waals surface area contributed by atoms with Crippen molar-refractivity contribution in [1.29, 1.82) is 0 Å². The van der Waals surface area contributed by atoms with E-state index in [2.05, 4.69) is 9.97 Å². The lowest BCUT2D eigenvalue weighted by molar-refractivity contribution is -0.137. The third kappa shape index (κ3) is 8.08. The summed E-state index contributed by atoms with van der Waals surface area (Å²) in [5, 5.41) is 8.76. The molecule has 0 unspecified atom stereocenters. The van der Waals surface area contributed by atoms with Crippen LogP contribution in [0.2, 0.25) is 0 Å². The van der Waals surface area contributed by atoms with Gasteiger partial charge in [-0.1, -0.05) is 30.7 Å². The number of halogens is 4. The van der Waals surface area contributed by atoms with Crippen LogP contribution in [0.5, 0.6) is 5.75 Å². The number of benzene rings is 2. The zero-order chi connectivity index (χ0) is 32.7. The van der Waals surface area contributed by atoms with Crippen molar-refractivity contribution in [2.45, 2.75) is 65.1 Å². The first-order valence-corrected chi connectivity index (χ1v) is 14.4. The lowest BCUT2D eigenvalue weighted by atomic mass is 9.87. The summed E-state index contributed by atoms with van der Waals surface area (Å²) in [5.74, 6) is -0.715. The van der Waals surface area contributed by atoms with Crippen molar-refractivity contribution in [2.75, 3.05) is 23.0 Å². The molecule has 2 atom stereocenters. The molecule has 1 aliphatic heterocycles. The minimum absolute atomic E-state index is 0.0495. The van der Waals surface area contributed by atoms with Gasteiger partial charge in [-0.15, -0.1) is 0 Å². The van der Waals surface area contributed by atoms with Crippen molar-refractivity contribution in [3.05, 3.63) is 88.8 Å². The fraction of sp³-hybridized carbons (Fsp3) is 0.375. The van der Waals surface area contributed by atoms with Crippen LogP contribution in [0, 0.1) is 6.92 Å². The van der Waals surface area contributed by atoms with Crippen molar-refractivity contribution in [3.8, 4) is 5.75 Å². The van der Waals surface area contributed by atoms with Gasteiger partial charge >= 0.3 is 18.2 Å². The van der Waals surface area contributed by atoms with Crippen LogP contribution in [-0.4, -0.2) is 46.4 Å². The van der Waals surface area contributed by atoms with Crippen LogP contribution in [0.1, 0.15) is 60.5 Å². The van der Waals surface area contributed by atoms with Gasteiger partial charge in [-0.25, -0.2) is 23.9 Å². The first-order chi connectivity index (χ1) is 21.4. The van der Waals surface area contributed by atoms with Crippen LogP contribution in [0.3, 0.4) is 0 Å². The molecule has 0 saturated carbocycles. The summed E-state index contributed by atoms with van der Waals surface area (Å²) < 4.78 is 65.9. The highest BCUT2D eigenvalue weighted by Crippen LogP contribution is 2.44. The normalized spacial score (nSPS) is 16.4. The van der Waals surface area contributed by atoms with Crippen molar-refractivity contribution < 1.29 is 41.7 Å². The molecule has 0 bridgehead atoms. The Kier molecular flexibility index (Phi) is 10.6. The number of carboxylic acid groups (broad SMARTS) is 1. The van der Waals surface area contributed by atoms with Crippen LogP contribution in [-0.2, 0) is 28.9 Å². The monoisotopic (exact) mass is 630 g/mol. The lowest BCUT2D eigenvalue weighted by Gasteiger charge is -2.44. The van der Waals surface area contributed by atoms with Gasteiger partial charge in [0, 0.05) is 18.7 Å². The Morgan fingerprint density at radius 1 is 1.11 bits per heavy atom. The maximum atomic E-state index is 13.8. The number of aryl methyl sites for hydroxylation is 1. The number of hydrogen-bond donors (Lipinski definition) is 1. The SMILES string of the molecule is CCOC(=O)N1c2ccc(C)cc2[C@@H](N(Cc2cc(CF)cc(C(F)(F)F)c2)c2ncc(OC/C=C/C(=O)O)cn2)C[C@H]1CC. The maximum Gasteiger partial charge on any atom is 0.416 e. The number of hydrogen-bond acceptors (Lipinski definition) is 7. The number of alkyl halides is 4. The highest BCUT2D eigenvalue weighted by molar-refractivity contribution is 5.90. The lowest BCUT2D eigenvalue weighted by Crippen LogP contribution is -2.48. The zero-order valence-corrected chi connectivity index (χ0v) is 25.1. The molecule has 0 saturated heterocycles. The van der Waals surface area contributed by atoms with Crippen molar-refractivity contribution in [2.24, 2.45) is 0 Å². The zero-order valence-electron chi connectivity index (χ0n) is 25.1. The van der Waals surface area contributed by atoms with Crippen molar-refractivity contribution in [3.63, 3.8) is 0 Å². The molecular formula is C32H34F4N4O5. The third-order valence-electron chi connectivity index (χ3n) is 7.34. The molecular weight excluding hydrogens is 596 g/mol. The molecule has 2 aromatic carbocycles. The fourth-order valence-electron chi connectivity index (χ4n) is 5.37. The van der Waals surface area contributed by atoms with E-state index >= 15 is 0 Å². The van der Waals surface area contributed by atoms with Gasteiger partial charge in [0.15, 0.2) is 5.75 Å². The standard InChI is InChI=1S/C32H34F4N4O5/c1-4-24-15-28(26-11-20(3)8-9-27(26)40(24)31(43)44-5-2)39(19-22-12-21(16-33)13-23(14-22)32(34,35)36)30-37-17-25(18-38-30)45-10-6-7-29(41)42/h6-9,11-14,17-18,24,28H,4-5,10,15-16,19H2,1-3H3,(H,41,42)/b7-6+/t24-,28+/m1/s1. The summed E-state index contributed by atoms with van der Waals surface area (Å²) >= 11 is 0. The van der Waals surface area contributed by atoms with E-state index in [1.54, 1.807) is 16.7 Å². The molecule has 13 heteroatoms. The van der Waals surface area contributed by atoms with E-state index in [1.165, 1.54) is 24.5 Å². The summed E-state index contributed by atoms with van der Waals surface area (Å²) in [6.07, 6.45) is 0.753. The number of aromatic nitrogens is 2. The number of nitrogens with zero attached hydrogens (tertiary/aromatic N) is 4. The Morgan fingerprint density at radius 2 is 1.82 bits per heavy atom. The summed E-state index contributed by atoms with van der Waals surface area (Å²) in [6.45, 7) is 4.50. The Hall–Kier alpha value is -4.68. The van der Waals surface area contributed by atoms with E-state index in [4.69, 9.17) is 14.6 Å². The topological polar surface area (TPSA) is 105 Å². The number of ether oxygens (including phenoxy) is 2. The summed E-state index contributed by atoms with van der Waals surface area (Å²) in [5.41, 5.74) is 1.36. The summed E-state index contributed by atoms with van der Waals surface area (Å²) in [7, 11) is 0. The Morgan fingerprint density at radius 3 is 2.44 bits per heavy atom. The minimum atomic E-state index is -4.68. The molecule has 1 amide bonds. The van der Waals surface area contributed by atoms with Crippen molar-refractivity contribution in [1.82, 2.24) is 9.97 Å². The second-order valence-corrected chi connectivity index (χ2v) is 10.5. The summed E-state index contributed by atoms with van der Waals surface area (Å²) in [6, 6.07) is 7.95. The fourth-order valence-corrected chi connectivity index (χ4v) is 5.37. The number of carbonyl (C=O) groups excluding carboxylic acids is 1. The summed E-state index contributed by atoms with van der Waals surface area (Å²) in [4.78, 5) is 36.1. The van der Waals surface area contributed by atoms with Gasteiger partial charge in [-0.05, 0) is 67.7 Å². The molecule has 240 valence electrons. The minimum Gasteiger partial charge on any atom is -0.486 e. The maximum absolute atomic E-state index is 13.8. The van der Waals surface area contributed by atoms with Gasteiger partial charge in [0.2, 0.25) is 5.95 Å². The Labute approximate surface area is 258 Å². The predicted molar refractivity (Wildman–Crippen MR) is 159 cm³/mol. The molecule has 1 N–H and O–H groups in total. The van der Waals surface area contributed by atoms with E-state index in [0.717, 1.165) is 29.3 Å². The van der Waals surface area contributed by atoms with Crippen LogP contribution in [0.25, 0.3) is 0 Å². The van der Waals surface area contributed by atoms with E-state index < -0.39 is 36.5 Å². The highest BCUT2D eigenvalue weighted by Gasteiger charge is 2.40. The number of carbonyl (C=O) groups is 2. The van der Waals surface area contributed by atoms with Gasteiger partial charge in [0.25, 0.3) is 0 Å². The van der Waals surface area contributed by atoms with Gasteiger partial charge in [0.1, 0.15) is 13.3 Å². The molecule has 0 aliphatic carbocycles. The third-order valence-corrected chi connectivity index (χ3v) is 7.34. The second-order valence-electron chi connectivity index (χ2n) is 10.5. The van der Waals surface area contributed by atoms with Crippen LogP contribution >= 0.6 is 0 Å². The van der Waals surface area contributed by atoms with E-state index in [1.807, 2.05) is 32.0 Å². The van der Waals surface area contributed by atoms with E-state index in [-0.39, 0.29) is 48.6 Å². The first-order valence-electron chi connectivity index (χ1n) is 14.4. The van der Waals surface area contributed by atoms with Crippen LogP contribution < -0.4 is 14.5 Å². The van der Waals surface area contributed by atoms with E-state index in [9.17, 15) is 27.2 Å². The number of fused-ring (bicyclic) bond motifs is 1. The molecule has 2 heterocycles. The molecule has 9 nitrogen and oxygen atoms in total. The number of rotatable bonds is 11. The molecule has 0 fully saturated rings. The smallest absolute Gasteiger partial charge is 0.416 e. The van der Waals surface area contributed by atoms with Gasteiger partial charge in [-0.3, -0.25) is 4.90 Å². The molecule has 4 rings (SSSR count). The Bertz CT molecular complexity index is 1530. The van der Waals surface area contributed by atoms with Gasteiger partial charge in [0.05, 0.1) is 36.3 Å². The highest BCUT2D eigenvalue weighted by atomic mass is 19.4.